The van der Waals surface area contributed by atoms with E-state index in [2.05, 4.69) is 69.4 Å². The Bertz CT molecular complexity index is 745. The standard InChI is InChI=1S/C23H28BrNO.ClH/c24-21-6-3-5-20(15-21)18-10-12-25(13-11-18)16-17-8-9-19-4-1-2-7-22(19)23(26)14-17;/h1-7,15,17-18,23,26H,8-14,16H2;1H/t17-,23-;/m0./s1. The fraction of sp³-hybridized carbons (Fsp3) is 0.478. The van der Waals surface area contributed by atoms with Crippen LogP contribution in [0, 0.1) is 5.92 Å². The predicted molar refractivity (Wildman–Crippen MR) is 118 cm³/mol. The van der Waals surface area contributed by atoms with E-state index in [1.165, 1.54) is 48.0 Å². The largest absolute Gasteiger partial charge is 0.388 e. The van der Waals surface area contributed by atoms with Crippen molar-refractivity contribution in [2.75, 3.05) is 19.6 Å². The van der Waals surface area contributed by atoms with E-state index in [4.69, 9.17) is 0 Å². The molecule has 27 heavy (non-hydrogen) atoms. The van der Waals surface area contributed by atoms with Crippen LogP contribution in [0.4, 0.5) is 0 Å². The van der Waals surface area contributed by atoms with E-state index < -0.39 is 0 Å². The van der Waals surface area contributed by atoms with Crippen LogP contribution in [0.5, 0.6) is 0 Å². The first-order valence-corrected chi connectivity index (χ1v) is 10.7. The lowest BCUT2D eigenvalue weighted by molar-refractivity contribution is 0.117. The number of hydrogen-bond donors (Lipinski definition) is 1. The van der Waals surface area contributed by atoms with Crippen molar-refractivity contribution in [1.29, 1.82) is 0 Å². The number of aliphatic hydroxyl groups is 1. The Balaban J connectivity index is 0.00000210. The van der Waals surface area contributed by atoms with Gasteiger partial charge >= 0.3 is 0 Å². The van der Waals surface area contributed by atoms with E-state index in [0.29, 0.717) is 11.8 Å². The van der Waals surface area contributed by atoms with Crippen molar-refractivity contribution in [2.24, 2.45) is 5.92 Å². The van der Waals surface area contributed by atoms with E-state index in [-0.39, 0.29) is 18.5 Å². The van der Waals surface area contributed by atoms with E-state index in [0.717, 1.165) is 24.9 Å². The molecule has 0 radical (unpaired) electrons. The SMILES string of the molecule is Cl.O[C@H]1C[C@@H](CN2CCC(c3cccc(Br)c3)CC2)CCc2ccccc21. The second kappa shape index (κ2) is 9.56. The van der Waals surface area contributed by atoms with Crippen molar-refractivity contribution in [3.05, 3.63) is 69.7 Å². The number of aryl methyl sites for hydroxylation is 1. The molecular weight excluding hydrogens is 422 g/mol. The summed E-state index contributed by atoms with van der Waals surface area (Å²) in [7, 11) is 0. The quantitative estimate of drug-likeness (QED) is 0.603. The van der Waals surface area contributed by atoms with Crippen molar-refractivity contribution in [1.82, 2.24) is 4.90 Å². The minimum atomic E-state index is -0.294. The average molecular weight is 451 g/mol. The Kier molecular flexibility index (Phi) is 7.38. The molecule has 4 rings (SSSR count). The summed E-state index contributed by atoms with van der Waals surface area (Å²) in [6, 6.07) is 17.2. The molecule has 0 unspecified atom stereocenters. The van der Waals surface area contributed by atoms with Gasteiger partial charge in [0.15, 0.2) is 0 Å². The molecule has 1 saturated heterocycles. The van der Waals surface area contributed by atoms with Gasteiger partial charge in [0, 0.05) is 11.0 Å². The predicted octanol–water partition coefficient (Wildman–Crippen LogP) is 5.74. The zero-order valence-corrected chi connectivity index (χ0v) is 18.1. The second-order valence-electron chi connectivity index (χ2n) is 7.98. The summed E-state index contributed by atoms with van der Waals surface area (Å²) in [5.41, 5.74) is 3.97. The van der Waals surface area contributed by atoms with Crippen LogP contribution in [-0.2, 0) is 6.42 Å². The molecule has 4 heteroatoms. The van der Waals surface area contributed by atoms with Crippen LogP contribution >= 0.6 is 28.3 Å². The molecule has 0 bridgehead atoms. The molecule has 0 aromatic heterocycles. The third-order valence-electron chi connectivity index (χ3n) is 6.22. The monoisotopic (exact) mass is 449 g/mol. The Hall–Kier alpha value is -0.870. The summed E-state index contributed by atoms with van der Waals surface area (Å²) in [6.07, 6.45) is 5.39. The number of rotatable bonds is 3. The van der Waals surface area contributed by atoms with Gasteiger partial charge in [0.25, 0.3) is 0 Å². The van der Waals surface area contributed by atoms with Crippen LogP contribution in [-0.4, -0.2) is 29.6 Å². The first-order chi connectivity index (χ1) is 12.7. The lowest BCUT2D eigenvalue weighted by Gasteiger charge is -2.34. The Labute approximate surface area is 177 Å². The highest BCUT2D eigenvalue weighted by molar-refractivity contribution is 9.10. The molecule has 0 spiro atoms. The number of likely N-dealkylation sites (tertiary alicyclic amines) is 1. The van der Waals surface area contributed by atoms with Gasteiger partial charge in [-0.25, -0.2) is 0 Å². The van der Waals surface area contributed by atoms with Crippen molar-refractivity contribution < 1.29 is 5.11 Å². The number of fused-ring (bicyclic) bond motifs is 1. The van der Waals surface area contributed by atoms with Gasteiger partial charge < -0.3 is 10.0 Å². The molecule has 2 aliphatic rings. The first kappa shape index (κ1) is 20.9. The molecule has 0 saturated carbocycles. The molecular formula is C23H29BrClNO. The molecule has 2 aromatic rings. The van der Waals surface area contributed by atoms with Crippen molar-refractivity contribution in [3.8, 4) is 0 Å². The Morgan fingerprint density at radius 2 is 1.78 bits per heavy atom. The normalized spacial score (nSPS) is 23.9. The molecule has 2 aromatic carbocycles. The van der Waals surface area contributed by atoms with E-state index >= 15 is 0 Å². The highest BCUT2D eigenvalue weighted by Crippen LogP contribution is 2.34. The van der Waals surface area contributed by atoms with E-state index in [1.54, 1.807) is 0 Å². The highest BCUT2D eigenvalue weighted by atomic mass is 79.9. The van der Waals surface area contributed by atoms with Crippen LogP contribution in [0.2, 0.25) is 0 Å². The smallest absolute Gasteiger partial charge is 0.0795 e. The van der Waals surface area contributed by atoms with Crippen LogP contribution in [0.1, 0.15) is 54.4 Å². The van der Waals surface area contributed by atoms with Gasteiger partial charge in [-0.1, -0.05) is 52.3 Å². The lowest BCUT2D eigenvalue weighted by atomic mass is 9.88. The summed E-state index contributed by atoms with van der Waals surface area (Å²) in [5, 5.41) is 10.6. The zero-order chi connectivity index (χ0) is 17.9. The van der Waals surface area contributed by atoms with Gasteiger partial charge in [-0.2, -0.15) is 0 Å². The summed E-state index contributed by atoms with van der Waals surface area (Å²) in [4.78, 5) is 2.63. The van der Waals surface area contributed by atoms with Gasteiger partial charge in [0.1, 0.15) is 0 Å². The molecule has 1 heterocycles. The van der Waals surface area contributed by atoms with Crippen molar-refractivity contribution in [2.45, 2.75) is 44.1 Å². The number of piperidine rings is 1. The summed E-state index contributed by atoms with van der Waals surface area (Å²) < 4.78 is 1.18. The maximum atomic E-state index is 10.6. The molecule has 0 amide bonds. The molecule has 1 aliphatic heterocycles. The first-order valence-electron chi connectivity index (χ1n) is 9.92. The van der Waals surface area contributed by atoms with Gasteiger partial charge in [-0.3, -0.25) is 0 Å². The third-order valence-corrected chi connectivity index (χ3v) is 6.71. The van der Waals surface area contributed by atoms with Crippen molar-refractivity contribution in [3.63, 3.8) is 0 Å². The number of hydrogen-bond acceptors (Lipinski definition) is 2. The second-order valence-corrected chi connectivity index (χ2v) is 8.90. The maximum absolute atomic E-state index is 10.6. The number of benzene rings is 2. The van der Waals surface area contributed by atoms with Crippen molar-refractivity contribution >= 4 is 28.3 Å². The van der Waals surface area contributed by atoms with Gasteiger partial charge in [-0.05, 0) is 85.9 Å². The summed E-state index contributed by atoms with van der Waals surface area (Å²) in [6.45, 7) is 3.49. The van der Waals surface area contributed by atoms with E-state index in [9.17, 15) is 5.11 Å². The minimum absolute atomic E-state index is 0. The Morgan fingerprint density at radius 1 is 1.00 bits per heavy atom. The fourth-order valence-corrected chi connectivity index (χ4v) is 5.16. The van der Waals surface area contributed by atoms with Crippen LogP contribution in [0.3, 0.4) is 0 Å². The highest BCUT2D eigenvalue weighted by Gasteiger charge is 2.27. The molecule has 1 fully saturated rings. The fourth-order valence-electron chi connectivity index (χ4n) is 4.75. The van der Waals surface area contributed by atoms with Crippen LogP contribution in [0.15, 0.2) is 53.0 Å². The van der Waals surface area contributed by atoms with Gasteiger partial charge in [0.05, 0.1) is 6.10 Å². The number of halogens is 2. The number of aliphatic hydroxyl groups excluding tert-OH is 1. The summed E-state index contributed by atoms with van der Waals surface area (Å²) >= 11 is 3.60. The summed E-state index contributed by atoms with van der Waals surface area (Å²) in [5.74, 6) is 1.28. The average Bonchev–Trinajstić information content (AvgIpc) is 2.82. The zero-order valence-electron chi connectivity index (χ0n) is 15.7. The van der Waals surface area contributed by atoms with Crippen LogP contribution < -0.4 is 0 Å². The molecule has 1 aliphatic carbocycles. The lowest BCUT2D eigenvalue weighted by Crippen LogP contribution is -2.36. The van der Waals surface area contributed by atoms with Gasteiger partial charge in [-0.15, -0.1) is 12.4 Å². The third kappa shape index (κ3) is 5.14. The molecule has 146 valence electrons. The number of nitrogens with zero attached hydrogens (tertiary/aromatic N) is 1. The maximum Gasteiger partial charge on any atom is 0.0795 e. The Morgan fingerprint density at radius 3 is 2.56 bits per heavy atom. The minimum Gasteiger partial charge on any atom is -0.388 e. The molecule has 2 nitrogen and oxygen atoms in total. The molecule has 2 atom stereocenters. The topological polar surface area (TPSA) is 23.5 Å². The molecule has 1 N–H and O–H groups in total. The van der Waals surface area contributed by atoms with Crippen LogP contribution in [0.25, 0.3) is 0 Å². The van der Waals surface area contributed by atoms with Gasteiger partial charge in [0.2, 0.25) is 0 Å². The van der Waals surface area contributed by atoms with E-state index in [1.807, 2.05) is 0 Å².